The minimum atomic E-state index is 0.709. The van der Waals surface area contributed by atoms with Crippen molar-refractivity contribution >= 4 is 21.8 Å². The van der Waals surface area contributed by atoms with Crippen molar-refractivity contribution in [1.29, 1.82) is 0 Å². The highest BCUT2D eigenvalue weighted by atomic mass is 79.9. The lowest BCUT2D eigenvalue weighted by Gasteiger charge is -2.11. The number of halogens is 1. The Kier molecular flexibility index (Phi) is 2.51. The Morgan fingerprint density at radius 1 is 1.54 bits per heavy atom. The van der Waals surface area contributed by atoms with Gasteiger partial charge in [-0.25, -0.2) is 0 Å². The van der Waals surface area contributed by atoms with Gasteiger partial charge in [0.2, 0.25) is 0 Å². The van der Waals surface area contributed by atoms with Crippen LogP contribution in [0.2, 0.25) is 0 Å². The van der Waals surface area contributed by atoms with Crippen LogP contribution in [0.1, 0.15) is 24.5 Å². The largest absolute Gasteiger partial charge is 0.266 e. The number of hydrogen-bond donors (Lipinski definition) is 0. The van der Waals surface area contributed by atoms with Crippen LogP contribution in [0.15, 0.2) is 18.3 Å². The lowest BCUT2D eigenvalue weighted by atomic mass is 10.2. The van der Waals surface area contributed by atoms with E-state index in [9.17, 15) is 0 Å². The maximum atomic E-state index is 4.96. The monoisotopic (exact) mass is 242 g/mol. The summed E-state index contributed by atoms with van der Waals surface area (Å²) < 4.78 is 1.51. The first kappa shape index (κ1) is 8.97. The predicted octanol–water partition coefficient (Wildman–Crippen LogP) is 2.64. The molecule has 0 spiro atoms. The summed E-state index contributed by atoms with van der Waals surface area (Å²) in [7, 11) is 1.60. The molecular formula is C9H11BrN2O. The number of anilines is 1. The maximum absolute atomic E-state index is 4.96. The highest BCUT2D eigenvalue weighted by Gasteiger charge is 2.24. The molecule has 0 atom stereocenters. The molecule has 13 heavy (non-hydrogen) atoms. The maximum Gasteiger partial charge on any atom is 0.0950 e. The standard InChI is InChI=1S/C9H11BrN2O/c1-13-12(10)8-4-5-9(11-6-8)7-2-3-7/h4-7H,2-3H2,1H3. The minimum absolute atomic E-state index is 0.709. The van der Waals surface area contributed by atoms with Gasteiger partial charge >= 0.3 is 0 Å². The second kappa shape index (κ2) is 3.64. The molecule has 1 aliphatic rings. The van der Waals surface area contributed by atoms with E-state index in [1.165, 1.54) is 22.6 Å². The molecule has 1 fully saturated rings. The van der Waals surface area contributed by atoms with E-state index in [0.717, 1.165) is 5.69 Å². The van der Waals surface area contributed by atoms with Crippen molar-refractivity contribution in [3.8, 4) is 0 Å². The predicted molar refractivity (Wildman–Crippen MR) is 54.6 cm³/mol. The van der Waals surface area contributed by atoms with Gasteiger partial charge in [0.25, 0.3) is 0 Å². The van der Waals surface area contributed by atoms with Crippen LogP contribution in [-0.2, 0) is 4.84 Å². The van der Waals surface area contributed by atoms with E-state index in [1.54, 1.807) is 7.11 Å². The molecule has 0 aliphatic heterocycles. The van der Waals surface area contributed by atoms with Gasteiger partial charge in [0.05, 0.1) is 35.1 Å². The lowest BCUT2D eigenvalue weighted by Crippen LogP contribution is -2.06. The number of hydrogen-bond acceptors (Lipinski definition) is 3. The molecular weight excluding hydrogens is 232 g/mol. The summed E-state index contributed by atoms with van der Waals surface area (Å²) >= 11 is 3.23. The second-order valence-electron chi connectivity index (χ2n) is 3.14. The van der Waals surface area contributed by atoms with Gasteiger partial charge in [0, 0.05) is 11.6 Å². The molecule has 0 aromatic carbocycles. The van der Waals surface area contributed by atoms with Crippen molar-refractivity contribution in [2.45, 2.75) is 18.8 Å². The summed E-state index contributed by atoms with van der Waals surface area (Å²) in [5.74, 6) is 0.709. The van der Waals surface area contributed by atoms with E-state index in [-0.39, 0.29) is 0 Å². The topological polar surface area (TPSA) is 25.4 Å². The van der Waals surface area contributed by atoms with Gasteiger partial charge in [-0.3, -0.25) is 9.82 Å². The van der Waals surface area contributed by atoms with Crippen LogP contribution in [0, 0.1) is 0 Å². The zero-order valence-corrected chi connectivity index (χ0v) is 8.99. The zero-order valence-electron chi connectivity index (χ0n) is 7.40. The summed E-state index contributed by atoms with van der Waals surface area (Å²) in [5.41, 5.74) is 2.10. The molecule has 0 N–H and O–H groups in total. The average molecular weight is 243 g/mol. The number of nitrogens with zero attached hydrogens (tertiary/aromatic N) is 2. The van der Waals surface area contributed by atoms with Gasteiger partial charge in [-0.1, -0.05) is 0 Å². The van der Waals surface area contributed by atoms with Crippen LogP contribution in [0.25, 0.3) is 0 Å². The molecule has 4 heteroatoms. The van der Waals surface area contributed by atoms with E-state index in [0.29, 0.717) is 5.92 Å². The fourth-order valence-electron chi connectivity index (χ4n) is 1.23. The smallest absolute Gasteiger partial charge is 0.0950 e. The fraction of sp³-hybridized carbons (Fsp3) is 0.444. The van der Waals surface area contributed by atoms with Gasteiger partial charge in [-0.2, -0.15) is 4.09 Å². The van der Waals surface area contributed by atoms with E-state index in [4.69, 9.17) is 4.84 Å². The summed E-state index contributed by atoms with van der Waals surface area (Å²) in [6.07, 6.45) is 4.38. The molecule has 1 aromatic heterocycles. The van der Waals surface area contributed by atoms with Gasteiger partial charge in [-0.15, -0.1) is 0 Å². The minimum Gasteiger partial charge on any atom is -0.266 e. The van der Waals surface area contributed by atoms with Crippen LogP contribution < -0.4 is 4.09 Å². The van der Waals surface area contributed by atoms with Crippen molar-refractivity contribution in [3.63, 3.8) is 0 Å². The SMILES string of the molecule is CON(Br)c1ccc(C2CC2)nc1. The number of aromatic nitrogens is 1. The highest BCUT2D eigenvalue weighted by molar-refractivity contribution is 9.10. The van der Waals surface area contributed by atoms with E-state index < -0.39 is 0 Å². The van der Waals surface area contributed by atoms with Gasteiger partial charge in [0.1, 0.15) is 0 Å². The number of pyridine rings is 1. The Bertz CT molecular complexity index is 284. The third-order valence-electron chi connectivity index (χ3n) is 2.13. The zero-order chi connectivity index (χ0) is 9.26. The molecule has 0 bridgehead atoms. The summed E-state index contributed by atoms with van der Waals surface area (Å²) in [4.78, 5) is 9.32. The van der Waals surface area contributed by atoms with Crippen LogP contribution in [0.5, 0.6) is 0 Å². The molecule has 0 amide bonds. The van der Waals surface area contributed by atoms with Crippen molar-refractivity contribution in [3.05, 3.63) is 24.0 Å². The summed E-state index contributed by atoms with van der Waals surface area (Å²) in [5, 5.41) is 0. The van der Waals surface area contributed by atoms with Crippen molar-refractivity contribution in [2.75, 3.05) is 11.2 Å². The molecule has 1 aromatic rings. The molecule has 1 saturated carbocycles. The molecule has 0 saturated heterocycles. The summed E-state index contributed by atoms with van der Waals surface area (Å²) in [6.45, 7) is 0. The Morgan fingerprint density at radius 3 is 2.77 bits per heavy atom. The Balaban J connectivity index is 2.12. The van der Waals surface area contributed by atoms with Crippen LogP contribution in [0.3, 0.4) is 0 Å². The molecule has 3 nitrogen and oxygen atoms in total. The van der Waals surface area contributed by atoms with E-state index in [1.807, 2.05) is 12.3 Å². The summed E-state index contributed by atoms with van der Waals surface area (Å²) in [6, 6.07) is 4.05. The van der Waals surface area contributed by atoms with Crippen LogP contribution in [-0.4, -0.2) is 12.1 Å². The molecule has 70 valence electrons. The van der Waals surface area contributed by atoms with Crippen molar-refractivity contribution in [2.24, 2.45) is 0 Å². The first-order valence-electron chi connectivity index (χ1n) is 4.27. The second-order valence-corrected chi connectivity index (χ2v) is 3.79. The van der Waals surface area contributed by atoms with E-state index >= 15 is 0 Å². The quantitative estimate of drug-likeness (QED) is 0.602. The highest BCUT2D eigenvalue weighted by Crippen LogP contribution is 2.39. The third kappa shape index (κ3) is 2.00. The normalized spacial score (nSPS) is 15.8. The lowest BCUT2D eigenvalue weighted by molar-refractivity contribution is 0.230. The molecule has 2 rings (SSSR count). The van der Waals surface area contributed by atoms with Crippen LogP contribution in [0.4, 0.5) is 5.69 Å². The van der Waals surface area contributed by atoms with Crippen LogP contribution >= 0.6 is 16.1 Å². The van der Waals surface area contributed by atoms with Gasteiger partial charge in [-0.05, 0) is 25.0 Å². The molecule has 1 aliphatic carbocycles. The van der Waals surface area contributed by atoms with Gasteiger partial charge in [0.15, 0.2) is 0 Å². The first-order valence-corrected chi connectivity index (χ1v) is 4.98. The molecule has 1 heterocycles. The Hall–Kier alpha value is -0.610. The average Bonchev–Trinajstić information content (AvgIpc) is 3.00. The van der Waals surface area contributed by atoms with E-state index in [2.05, 4.69) is 27.2 Å². The Morgan fingerprint density at radius 2 is 2.31 bits per heavy atom. The first-order chi connectivity index (χ1) is 6.31. The molecule has 0 unspecified atom stereocenters. The van der Waals surface area contributed by atoms with Crippen molar-refractivity contribution < 1.29 is 4.84 Å². The third-order valence-corrected chi connectivity index (χ3v) is 2.83. The van der Waals surface area contributed by atoms with Crippen molar-refractivity contribution in [1.82, 2.24) is 4.98 Å². The van der Waals surface area contributed by atoms with Gasteiger partial charge < -0.3 is 0 Å². The number of rotatable bonds is 3. The Labute approximate surface area is 86.0 Å². The fourth-order valence-corrected chi connectivity index (χ4v) is 1.44. The molecule has 0 radical (unpaired) electrons.